The average Bonchev–Trinajstić information content (AvgIpc) is 2.53. The van der Waals surface area contributed by atoms with Crippen LogP contribution in [0.2, 0.25) is 0 Å². The van der Waals surface area contributed by atoms with E-state index >= 15 is 0 Å². The molecule has 0 aliphatic heterocycles. The van der Waals surface area contributed by atoms with E-state index in [0.717, 1.165) is 6.07 Å². The van der Waals surface area contributed by atoms with E-state index in [4.69, 9.17) is 5.26 Å². The van der Waals surface area contributed by atoms with Gasteiger partial charge in [0.05, 0.1) is 22.1 Å². The second kappa shape index (κ2) is 6.59. The molecule has 2 aromatic rings. The fourth-order valence-corrected chi connectivity index (χ4v) is 2.84. The van der Waals surface area contributed by atoms with E-state index in [1.807, 2.05) is 6.07 Å². The fraction of sp³-hybridized carbons (Fsp3) is 0.133. The van der Waals surface area contributed by atoms with Crippen LogP contribution in [-0.2, 0) is 22.7 Å². The number of nitrogens with zero attached hydrogens (tertiary/aromatic N) is 1. The van der Waals surface area contributed by atoms with Gasteiger partial charge in [0.15, 0.2) is 0 Å². The van der Waals surface area contributed by atoms with Gasteiger partial charge in [0.1, 0.15) is 5.82 Å². The molecule has 0 atom stereocenters. The fourth-order valence-electron chi connectivity index (χ4n) is 1.83. The number of sulfonamides is 1. The molecule has 0 spiro atoms. The standard InChI is InChI=1S/C15H10F4N2O2S/c16-14-7-12(15(17,18)19)4-3-11(14)9-21-24(22,23)13-5-1-10(8-20)2-6-13/h1-7,21H,9H2. The van der Waals surface area contributed by atoms with Crippen molar-refractivity contribution in [3.63, 3.8) is 0 Å². The normalized spacial score (nSPS) is 12.0. The smallest absolute Gasteiger partial charge is 0.207 e. The molecule has 0 amide bonds. The van der Waals surface area contributed by atoms with Gasteiger partial charge in [-0.15, -0.1) is 0 Å². The third kappa shape index (κ3) is 4.10. The van der Waals surface area contributed by atoms with Gasteiger partial charge in [0, 0.05) is 12.1 Å². The highest BCUT2D eigenvalue weighted by atomic mass is 32.2. The summed E-state index contributed by atoms with van der Waals surface area (Å²) in [4.78, 5) is -0.145. The lowest BCUT2D eigenvalue weighted by molar-refractivity contribution is -0.137. The number of rotatable bonds is 4. The first kappa shape index (κ1) is 17.9. The van der Waals surface area contributed by atoms with E-state index in [2.05, 4.69) is 4.72 Å². The van der Waals surface area contributed by atoms with Gasteiger partial charge < -0.3 is 0 Å². The molecule has 126 valence electrons. The first-order valence-electron chi connectivity index (χ1n) is 6.49. The van der Waals surface area contributed by atoms with Crippen molar-refractivity contribution in [2.75, 3.05) is 0 Å². The Hall–Kier alpha value is -2.44. The minimum atomic E-state index is -4.68. The van der Waals surface area contributed by atoms with Gasteiger partial charge in [-0.25, -0.2) is 17.5 Å². The molecular weight excluding hydrogens is 348 g/mol. The van der Waals surface area contributed by atoms with Crippen molar-refractivity contribution in [2.45, 2.75) is 17.6 Å². The van der Waals surface area contributed by atoms with E-state index in [1.165, 1.54) is 24.3 Å². The summed E-state index contributed by atoms with van der Waals surface area (Å²) in [6, 6.07) is 8.69. The Kier molecular flexibility index (Phi) is 4.91. The minimum absolute atomic E-state index is 0.145. The van der Waals surface area contributed by atoms with E-state index in [1.54, 1.807) is 0 Å². The van der Waals surface area contributed by atoms with Crippen molar-refractivity contribution < 1.29 is 26.0 Å². The number of nitriles is 1. The van der Waals surface area contributed by atoms with Crippen molar-refractivity contribution in [1.82, 2.24) is 4.72 Å². The van der Waals surface area contributed by atoms with Crippen LogP contribution < -0.4 is 4.72 Å². The molecule has 2 rings (SSSR count). The Balaban J connectivity index is 2.16. The summed E-state index contributed by atoms with van der Waals surface area (Å²) < 4.78 is 77.2. The van der Waals surface area contributed by atoms with Crippen LogP contribution in [0.15, 0.2) is 47.4 Å². The maximum absolute atomic E-state index is 13.7. The molecule has 0 saturated heterocycles. The highest BCUT2D eigenvalue weighted by Gasteiger charge is 2.31. The van der Waals surface area contributed by atoms with Crippen LogP contribution in [0.25, 0.3) is 0 Å². The largest absolute Gasteiger partial charge is 0.416 e. The van der Waals surface area contributed by atoms with Crippen LogP contribution in [0.3, 0.4) is 0 Å². The number of alkyl halides is 3. The molecule has 0 radical (unpaired) electrons. The van der Waals surface area contributed by atoms with Crippen LogP contribution in [0.5, 0.6) is 0 Å². The number of halogens is 4. The Labute approximate surface area is 135 Å². The van der Waals surface area contributed by atoms with Crippen LogP contribution in [0.1, 0.15) is 16.7 Å². The zero-order valence-corrected chi connectivity index (χ0v) is 12.7. The van der Waals surface area contributed by atoms with Gasteiger partial charge in [-0.3, -0.25) is 0 Å². The van der Waals surface area contributed by atoms with Crippen LogP contribution in [0.4, 0.5) is 17.6 Å². The molecular formula is C15H10F4N2O2S. The number of hydrogen-bond donors (Lipinski definition) is 1. The molecule has 9 heteroatoms. The first-order chi connectivity index (χ1) is 11.1. The molecule has 0 unspecified atom stereocenters. The molecule has 0 aromatic heterocycles. The van der Waals surface area contributed by atoms with Gasteiger partial charge in [-0.2, -0.15) is 18.4 Å². The van der Waals surface area contributed by atoms with Gasteiger partial charge in [0.2, 0.25) is 10.0 Å². The third-order valence-electron chi connectivity index (χ3n) is 3.13. The molecule has 4 nitrogen and oxygen atoms in total. The molecule has 0 aliphatic carbocycles. The molecule has 2 aromatic carbocycles. The molecule has 0 heterocycles. The molecule has 0 saturated carbocycles. The minimum Gasteiger partial charge on any atom is -0.207 e. The van der Waals surface area contributed by atoms with Crippen molar-refractivity contribution in [3.8, 4) is 6.07 Å². The molecule has 0 bridgehead atoms. The van der Waals surface area contributed by atoms with Gasteiger partial charge in [-0.05, 0) is 36.4 Å². The number of nitrogens with one attached hydrogen (secondary N) is 1. The second-order valence-corrected chi connectivity index (χ2v) is 6.53. The van der Waals surface area contributed by atoms with E-state index in [0.29, 0.717) is 12.1 Å². The molecule has 1 N–H and O–H groups in total. The summed E-state index contributed by atoms with van der Waals surface area (Å²) in [5.74, 6) is -1.16. The number of hydrogen-bond acceptors (Lipinski definition) is 3. The third-order valence-corrected chi connectivity index (χ3v) is 4.54. The summed E-state index contributed by atoms with van der Waals surface area (Å²) in [7, 11) is -3.99. The predicted molar refractivity (Wildman–Crippen MR) is 76.6 cm³/mol. The zero-order valence-electron chi connectivity index (χ0n) is 11.9. The summed E-state index contributed by atoms with van der Waals surface area (Å²) in [6.07, 6.45) is -4.68. The summed E-state index contributed by atoms with van der Waals surface area (Å²) in [5.41, 5.74) is -1.11. The van der Waals surface area contributed by atoms with Gasteiger partial charge >= 0.3 is 6.18 Å². The van der Waals surface area contributed by atoms with Crippen LogP contribution in [0, 0.1) is 17.1 Å². The van der Waals surface area contributed by atoms with Crippen LogP contribution in [-0.4, -0.2) is 8.42 Å². The Morgan fingerprint density at radius 1 is 1.08 bits per heavy atom. The highest BCUT2D eigenvalue weighted by molar-refractivity contribution is 7.89. The van der Waals surface area contributed by atoms with Crippen molar-refractivity contribution in [3.05, 3.63) is 65.0 Å². The Morgan fingerprint density at radius 2 is 1.71 bits per heavy atom. The SMILES string of the molecule is N#Cc1ccc(S(=O)(=O)NCc2ccc(C(F)(F)F)cc2F)cc1. The van der Waals surface area contributed by atoms with Crippen molar-refractivity contribution in [1.29, 1.82) is 5.26 Å². The van der Waals surface area contributed by atoms with E-state index in [9.17, 15) is 26.0 Å². The lowest BCUT2D eigenvalue weighted by Gasteiger charge is -2.10. The lowest BCUT2D eigenvalue weighted by Crippen LogP contribution is -2.24. The highest BCUT2D eigenvalue weighted by Crippen LogP contribution is 2.30. The van der Waals surface area contributed by atoms with Crippen molar-refractivity contribution >= 4 is 10.0 Å². The quantitative estimate of drug-likeness (QED) is 0.854. The lowest BCUT2D eigenvalue weighted by atomic mass is 10.1. The zero-order chi connectivity index (χ0) is 18.0. The molecule has 0 aliphatic rings. The maximum atomic E-state index is 13.7. The van der Waals surface area contributed by atoms with Gasteiger partial charge in [0.25, 0.3) is 0 Å². The molecule has 0 fully saturated rings. The Morgan fingerprint density at radius 3 is 2.21 bits per heavy atom. The first-order valence-corrected chi connectivity index (χ1v) is 7.97. The Bertz CT molecular complexity index is 885. The summed E-state index contributed by atoms with van der Waals surface area (Å²) in [5, 5.41) is 8.66. The second-order valence-electron chi connectivity index (χ2n) is 4.76. The maximum Gasteiger partial charge on any atom is 0.416 e. The van der Waals surface area contributed by atoms with E-state index < -0.39 is 34.1 Å². The average molecular weight is 358 g/mol. The topological polar surface area (TPSA) is 70.0 Å². The summed E-state index contributed by atoms with van der Waals surface area (Å²) in [6.45, 7) is -0.508. The summed E-state index contributed by atoms with van der Waals surface area (Å²) >= 11 is 0. The number of benzene rings is 2. The monoisotopic (exact) mass is 358 g/mol. The molecule has 24 heavy (non-hydrogen) atoms. The van der Waals surface area contributed by atoms with Crippen LogP contribution >= 0.6 is 0 Å². The van der Waals surface area contributed by atoms with Crippen molar-refractivity contribution in [2.24, 2.45) is 0 Å². The van der Waals surface area contributed by atoms with Gasteiger partial charge in [-0.1, -0.05) is 6.07 Å². The predicted octanol–water partition coefficient (Wildman–Crippen LogP) is 3.19. The van der Waals surface area contributed by atoms with E-state index in [-0.39, 0.29) is 16.0 Å².